The lowest BCUT2D eigenvalue weighted by molar-refractivity contribution is -0.141. The Morgan fingerprint density at radius 1 is 1.35 bits per heavy atom. The Morgan fingerprint density at radius 2 is 2.12 bits per heavy atom. The predicted molar refractivity (Wildman–Crippen MR) is 51.7 cm³/mol. The van der Waals surface area contributed by atoms with E-state index in [1.165, 1.54) is 18.5 Å². The highest BCUT2D eigenvalue weighted by atomic mass is 19.4. The Labute approximate surface area is 93.7 Å². The third kappa shape index (κ3) is 2.17. The van der Waals surface area contributed by atoms with Gasteiger partial charge in [0.15, 0.2) is 12.0 Å². The van der Waals surface area contributed by atoms with Gasteiger partial charge in [0.2, 0.25) is 0 Å². The minimum absolute atomic E-state index is 0.176. The summed E-state index contributed by atoms with van der Waals surface area (Å²) in [5, 5.41) is 3.34. The summed E-state index contributed by atoms with van der Waals surface area (Å²) < 4.78 is 38.2. The summed E-state index contributed by atoms with van der Waals surface area (Å²) in [6.45, 7) is 0. The molecule has 0 atom stereocenters. The van der Waals surface area contributed by atoms with Gasteiger partial charge in [-0.3, -0.25) is 9.78 Å². The second-order valence-corrected chi connectivity index (χ2v) is 3.19. The van der Waals surface area contributed by atoms with Crippen molar-refractivity contribution in [3.63, 3.8) is 0 Å². The Kier molecular flexibility index (Phi) is 2.66. The van der Waals surface area contributed by atoms with Gasteiger partial charge in [-0.2, -0.15) is 18.3 Å². The lowest BCUT2D eigenvalue weighted by Crippen LogP contribution is -2.07. The Bertz CT molecular complexity index is 533. The SMILES string of the molecule is O=Cc1cc(C(F)(F)F)nn1-c1cccnc1. The standard InChI is InChI=1S/C10H6F3N3O/c11-10(12,13)9-4-8(6-17)16(15-9)7-2-1-3-14-5-7/h1-6H. The van der Waals surface area contributed by atoms with Crippen molar-refractivity contribution in [1.82, 2.24) is 14.8 Å². The molecule has 0 fully saturated rings. The van der Waals surface area contributed by atoms with E-state index in [9.17, 15) is 18.0 Å². The highest BCUT2D eigenvalue weighted by Gasteiger charge is 2.35. The Balaban J connectivity index is 2.55. The Morgan fingerprint density at radius 3 is 2.65 bits per heavy atom. The quantitative estimate of drug-likeness (QED) is 0.756. The number of halogens is 3. The highest BCUT2D eigenvalue weighted by Crippen LogP contribution is 2.28. The number of rotatable bonds is 2. The number of carbonyl (C=O) groups is 1. The van der Waals surface area contributed by atoms with Crippen LogP contribution in [-0.2, 0) is 6.18 Å². The van der Waals surface area contributed by atoms with Gasteiger partial charge in [0.1, 0.15) is 5.69 Å². The fourth-order valence-corrected chi connectivity index (χ4v) is 1.30. The molecule has 0 spiro atoms. The maximum Gasteiger partial charge on any atom is 0.435 e. The third-order valence-electron chi connectivity index (χ3n) is 2.04. The molecule has 2 aromatic rings. The van der Waals surface area contributed by atoms with Crippen molar-refractivity contribution in [2.45, 2.75) is 6.18 Å². The normalized spacial score (nSPS) is 11.5. The van der Waals surface area contributed by atoms with Crippen molar-refractivity contribution < 1.29 is 18.0 Å². The molecule has 0 N–H and O–H groups in total. The zero-order chi connectivity index (χ0) is 12.5. The molecule has 2 rings (SSSR count). The van der Waals surface area contributed by atoms with Crippen molar-refractivity contribution in [2.75, 3.05) is 0 Å². The van der Waals surface area contributed by atoms with E-state index < -0.39 is 11.9 Å². The van der Waals surface area contributed by atoms with Crippen LogP contribution >= 0.6 is 0 Å². The maximum atomic E-state index is 12.4. The first-order valence-corrected chi connectivity index (χ1v) is 4.55. The fraction of sp³-hybridized carbons (Fsp3) is 0.100. The van der Waals surface area contributed by atoms with E-state index in [0.717, 1.165) is 4.68 Å². The van der Waals surface area contributed by atoms with Crippen molar-refractivity contribution >= 4 is 6.29 Å². The molecule has 88 valence electrons. The maximum absolute atomic E-state index is 12.4. The van der Waals surface area contributed by atoms with E-state index in [2.05, 4.69) is 10.1 Å². The lowest BCUT2D eigenvalue weighted by Gasteiger charge is -2.02. The van der Waals surface area contributed by atoms with E-state index in [1.807, 2.05) is 0 Å². The molecule has 4 nitrogen and oxygen atoms in total. The van der Waals surface area contributed by atoms with Crippen LogP contribution in [0.4, 0.5) is 13.2 Å². The van der Waals surface area contributed by atoms with Crippen LogP contribution in [0.2, 0.25) is 0 Å². The van der Waals surface area contributed by atoms with Gasteiger partial charge in [-0.25, -0.2) is 4.68 Å². The number of alkyl halides is 3. The minimum Gasteiger partial charge on any atom is -0.296 e. The van der Waals surface area contributed by atoms with Crippen LogP contribution < -0.4 is 0 Å². The summed E-state index contributed by atoms with van der Waals surface area (Å²) in [5.41, 5.74) is -0.987. The molecule has 0 unspecified atom stereocenters. The summed E-state index contributed by atoms with van der Waals surface area (Å²) >= 11 is 0. The van der Waals surface area contributed by atoms with Gasteiger partial charge in [-0.05, 0) is 18.2 Å². The molecule has 7 heteroatoms. The summed E-state index contributed by atoms with van der Waals surface area (Å²) in [4.78, 5) is 14.4. The van der Waals surface area contributed by atoms with Crippen molar-refractivity contribution in [2.24, 2.45) is 0 Å². The smallest absolute Gasteiger partial charge is 0.296 e. The van der Waals surface area contributed by atoms with Crippen molar-refractivity contribution in [3.8, 4) is 5.69 Å². The summed E-state index contributed by atoms with van der Waals surface area (Å²) in [6.07, 6.45) is -1.47. The van der Waals surface area contributed by atoms with E-state index >= 15 is 0 Å². The monoisotopic (exact) mass is 241 g/mol. The van der Waals surface area contributed by atoms with Crippen LogP contribution in [0.5, 0.6) is 0 Å². The molecule has 0 aliphatic heterocycles. The number of aldehydes is 1. The molecule has 0 aromatic carbocycles. The molecule has 2 heterocycles. The lowest BCUT2D eigenvalue weighted by atomic mass is 10.3. The molecule has 0 saturated heterocycles. The number of pyridine rings is 1. The molecule has 0 bridgehead atoms. The first-order chi connectivity index (χ1) is 8.02. The van der Waals surface area contributed by atoms with E-state index in [1.54, 1.807) is 6.07 Å². The largest absolute Gasteiger partial charge is 0.435 e. The summed E-state index contributed by atoms with van der Waals surface area (Å²) in [7, 11) is 0. The number of hydrogen-bond acceptors (Lipinski definition) is 3. The number of carbonyl (C=O) groups excluding carboxylic acids is 1. The fourth-order valence-electron chi connectivity index (χ4n) is 1.30. The van der Waals surface area contributed by atoms with Crippen LogP contribution in [-0.4, -0.2) is 21.1 Å². The van der Waals surface area contributed by atoms with Crippen molar-refractivity contribution in [1.29, 1.82) is 0 Å². The van der Waals surface area contributed by atoms with Crippen LogP contribution in [0.25, 0.3) is 5.69 Å². The predicted octanol–water partition coefficient (Wildman–Crippen LogP) is 2.10. The zero-order valence-electron chi connectivity index (χ0n) is 8.35. The first-order valence-electron chi connectivity index (χ1n) is 4.55. The van der Waals surface area contributed by atoms with Crippen LogP contribution in [0.3, 0.4) is 0 Å². The second kappa shape index (κ2) is 4.00. The van der Waals surface area contributed by atoms with Gasteiger partial charge >= 0.3 is 6.18 Å². The molecule has 0 saturated carbocycles. The molecule has 0 aliphatic rings. The second-order valence-electron chi connectivity index (χ2n) is 3.19. The average molecular weight is 241 g/mol. The van der Waals surface area contributed by atoms with Gasteiger partial charge < -0.3 is 0 Å². The number of hydrogen-bond donors (Lipinski definition) is 0. The van der Waals surface area contributed by atoms with Gasteiger partial charge in [0.05, 0.1) is 11.9 Å². The van der Waals surface area contributed by atoms with Gasteiger partial charge in [0.25, 0.3) is 0 Å². The Hall–Kier alpha value is -2.18. The van der Waals surface area contributed by atoms with Crippen LogP contribution in [0.1, 0.15) is 16.2 Å². The van der Waals surface area contributed by atoms with Crippen LogP contribution in [0.15, 0.2) is 30.6 Å². The topological polar surface area (TPSA) is 47.8 Å². The molecule has 0 radical (unpaired) electrons. The van der Waals surface area contributed by atoms with E-state index in [4.69, 9.17) is 0 Å². The molecular formula is C10H6F3N3O. The summed E-state index contributed by atoms with van der Waals surface area (Å²) in [6, 6.07) is 3.74. The molecule has 0 aliphatic carbocycles. The van der Waals surface area contributed by atoms with Gasteiger partial charge in [-0.15, -0.1) is 0 Å². The first kappa shape index (κ1) is 11.3. The van der Waals surface area contributed by atoms with Crippen molar-refractivity contribution in [3.05, 3.63) is 42.0 Å². The minimum atomic E-state index is -4.58. The molecular weight excluding hydrogens is 235 g/mol. The van der Waals surface area contributed by atoms with E-state index in [0.29, 0.717) is 18.0 Å². The summed E-state index contributed by atoms with van der Waals surface area (Å²) in [5.74, 6) is 0. The van der Waals surface area contributed by atoms with E-state index in [-0.39, 0.29) is 5.69 Å². The van der Waals surface area contributed by atoms with Crippen LogP contribution in [0, 0.1) is 0 Å². The zero-order valence-corrected chi connectivity index (χ0v) is 8.35. The number of aromatic nitrogens is 3. The molecule has 2 aromatic heterocycles. The molecule has 0 amide bonds. The molecule has 17 heavy (non-hydrogen) atoms. The number of nitrogens with zero attached hydrogens (tertiary/aromatic N) is 3. The third-order valence-corrected chi connectivity index (χ3v) is 2.04. The van der Waals surface area contributed by atoms with Gasteiger partial charge in [0, 0.05) is 6.20 Å². The van der Waals surface area contributed by atoms with Gasteiger partial charge in [-0.1, -0.05) is 0 Å². The average Bonchev–Trinajstić information content (AvgIpc) is 2.73. The highest BCUT2D eigenvalue weighted by molar-refractivity contribution is 5.73.